The van der Waals surface area contributed by atoms with E-state index in [9.17, 15) is 4.79 Å². The highest BCUT2D eigenvalue weighted by Gasteiger charge is 2.24. The van der Waals surface area contributed by atoms with E-state index in [-0.39, 0.29) is 12.0 Å². The van der Waals surface area contributed by atoms with E-state index < -0.39 is 0 Å². The molecule has 1 saturated heterocycles. The molecule has 4 heteroatoms. The summed E-state index contributed by atoms with van der Waals surface area (Å²) in [7, 11) is 0. The highest BCUT2D eigenvalue weighted by atomic mass is 16.5. The first kappa shape index (κ1) is 10.7. The zero-order chi connectivity index (χ0) is 11.8. The number of morpholine rings is 1. The van der Waals surface area contributed by atoms with E-state index in [1.807, 2.05) is 6.92 Å². The van der Waals surface area contributed by atoms with Crippen molar-refractivity contribution < 1.29 is 9.53 Å². The van der Waals surface area contributed by atoms with Crippen molar-refractivity contribution in [3.63, 3.8) is 0 Å². The van der Waals surface area contributed by atoms with Gasteiger partial charge < -0.3 is 15.4 Å². The van der Waals surface area contributed by atoms with Crippen LogP contribution in [-0.2, 0) is 11.3 Å². The first-order chi connectivity index (χ1) is 8.25. The molecule has 3 rings (SSSR count). The van der Waals surface area contributed by atoms with Crippen molar-refractivity contribution in [3.8, 4) is 0 Å². The fourth-order valence-electron chi connectivity index (χ4n) is 2.58. The van der Waals surface area contributed by atoms with Crippen molar-refractivity contribution in [2.24, 2.45) is 0 Å². The van der Waals surface area contributed by atoms with Crippen molar-refractivity contribution in [1.29, 1.82) is 0 Å². The Kier molecular flexibility index (Phi) is 2.61. The monoisotopic (exact) mass is 232 g/mol. The number of benzene rings is 1. The van der Waals surface area contributed by atoms with Gasteiger partial charge in [-0.1, -0.05) is 12.1 Å². The largest absolute Gasteiger partial charge is 0.371 e. The second-order valence-electron chi connectivity index (χ2n) is 4.62. The van der Waals surface area contributed by atoms with Gasteiger partial charge in [-0.25, -0.2) is 0 Å². The molecule has 17 heavy (non-hydrogen) atoms. The van der Waals surface area contributed by atoms with Crippen LogP contribution in [0, 0.1) is 6.92 Å². The maximum Gasteiger partial charge on any atom is 0.252 e. The van der Waals surface area contributed by atoms with Crippen LogP contribution in [0.15, 0.2) is 12.1 Å². The first-order valence-electron chi connectivity index (χ1n) is 5.99. The Morgan fingerprint density at radius 2 is 2.29 bits per heavy atom. The molecule has 2 heterocycles. The van der Waals surface area contributed by atoms with Gasteiger partial charge in [-0.2, -0.15) is 0 Å². The number of carbonyl (C=O) groups excluding carboxylic acids is 1. The summed E-state index contributed by atoms with van der Waals surface area (Å²) in [5.41, 5.74) is 4.16. The SMILES string of the molecule is Cc1cc(C2CNCCO2)cc2c1C(=O)NC2. The Morgan fingerprint density at radius 1 is 1.41 bits per heavy atom. The fraction of sp³-hybridized carbons (Fsp3) is 0.462. The van der Waals surface area contributed by atoms with Crippen LogP contribution in [0.4, 0.5) is 0 Å². The minimum absolute atomic E-state index is 0.0479. The summed E-state index contributed by atoms with van der Waals surface area (Å²) >= 11 is 0. The van der Waals surface area contributed by atoms with Crippen LogP contribution in [0.1, 0.15) is 33.2 Å². The maximum atomic E-state index is 11.6. The molecular formula is C13H16N2O2. The molecule has 0 bridgehead atoms. The fourth-order valence-corrected chi connectivity index (χ4v) is 2.58. The van der Waals surface area contributed by atoms with Crippen LogP contribution >= 0.6 is 0 Å². The average molecular weight is 232 g/mol. The Morgan fingerprint density at radius 3 is 3.06 bits per heavy atom. The Bertz CT molecular complexity index is 465. The van der Waals surface area contributed by atoms with Crippen LogP contribution < -0.4 is 10.6 Å². The number of hydrogen-bond donors (Lipinski definition) is 2. The molecule has 1 unspecified atom stereocenters. The number of carbonyl (C=O) groups is 1. The molecule has 2 aliphatic heterocycles. The van der Waals surface area contributed by atoms with E-state index in [0.717, 1.165) is 36.4 Å². The Hall–Kier alpha value is -1.39. The first-order valence-corrected chi connectivity index (χ1v) is 5.99. The van der Waals surface area contributed by atoms with E-state index >= 15 is 0 Å². The number of aryl methyl sites for hydroxylation is 1. The normalized spacial score (nSPS) is 23.4. The molecule has 1 amide bonds. The number of rotatable bonds is 1. The smallest absolute Gasteiger partial charge is 0.252 e. The summed E-state index contributed by atoms with van der Waals surface area (Å²) in [5.74, 6) is 0.0479. The van der Waals surface area contributed by atoms with Crippen LogP contribution in [0.3, 0.4) is 0 Å². The summed E-state index contributed by atoms with van der Waals surface area (Å²) in [5, 5.41) is 6.18. The predicted molar refractivity (Wildman–Crippen MR) is 63.9 cm³/mol. The molecule has 0 aromatic heterocycles. The number of nitrogens with one attached hydrogen (secondary N) is 2. The van der Waals surface area contributed by atoms with Gasteiger partial charge in [-0.3, -0.25) is 4.79 Å². The number of ether oxygens (including phenoxy) is 1. The highest BCUT2D eigenvalue weighted by molar-refractivity contribution is 5.99. The van der Waals surface area contributed by atoms with E-state index in [0.29, 0.717) is 6.54 Å². The number of fused-ring (bicyclic) bond motifs is 1. The van der Waals surface area contributed by atoms with Gasteiger partial charge in [0, 0.05) is 25.2 Å². The molecule has 1 aromatic rings. The van der Waals surface area contributed by atoms with E-state index in [4.69, 9.17) is 4.74 Å². The van der Waals surface area contributed by atoms with Crippen molar-refractivity contribution in [2.75, 3.05) is 19.7 Å². The second-order valence-corrected chi connectivity index (χ2v) is 4.62. The van der Waals surface area contributed by atoms with E-state index in [2.05, 4.69) is 22.8 Å². The van der Waals surface area contributed by atoms with Gasteiger partial charge in [-0.15, -0.1) is 0 Å². The van der Waals surface area contributed by atoms with E-state index in [1.54, 1.807) is 0 Å². The molecule has 90 valence electrons. The molecule has 1 aromatic carbocycles. The van der Waals surface area contributed by atoms with Gasteiger partial charge >= 0.3 is 0 Å². The van der Waals surface area contributed by atoms with Gasteiger partial charge in [0.05, 0.1) is 12.7 Å². The molecule has 1 atom stereocenters. The van der Waals surface area contributed by atoms with Gasteiger partial charge in [0.1, 0.15) is 0 Å². The van der Waals surface area contributed by atoms with Crippen LogP contribution in [0.5, 0.6) is 0 Å². The van der Waals surface area contributed by atoms with Crippen molar-refractivity contribution in [2.45, 2.75) is 19.6 Å². The summed E-state index contributed by atoms with van der Waals surface area (Å²) < 4.78 is 5.74. The predicted octanol–water partition coefficient (Wildman–Crippen LogP) is 0.899. The van der Waals surface area contributed by atoms with Crippen molar-refractivity contribution in [1.82, 2.24) is 10.6 Å². The molecular weight excluding hydrogens is 216 g/mol. The molecule has 2 N–H and O–H groups in total. The van der Waals surface area contributed by atoms with Crippen LogP contribution in [0.25, 0.3) is 0 Å². The van der Waals surface area contributed by atoms with Gasteiger partial charge in [0.15, 0.2) is 0 Å². The molecule has 0 saturated carbocycles. The lowest BCUT2D eigenvalue weighted by Gasteiger charge is -2.24. The summed E-state index contributed by atoms with van der Waals surface area (Å²) in [6, 6.07) is 4.17. The Labute approximate surface area is 100 Å². The lowest BCUT2D eigenvalue weighted by atomic mass is 9.97. The van der Waals surface area contributed by atoms with Gasteiger partial charge in [0.25, 0.3) is 5.91 Å². The lowest BCUT2D eigenvalue weighted by Crippen LogP contribution is -2.33. The average Bonchev–Trinajstić information content (AvgIpc) is 2.73. The Balaban J connectivity index is 1.97. The summed E-state index contributed by atoms with van der Waals surface area (Å²) in [4.78, 5) is 11.6. The molecule has 0 aliphatic carbocycles. The third-order valence-electron chi connectivity index (χ3n) is 3.41. The summed E-state index contributed by atoms with van der Waals surface area (Å²) in [6.07, 6.45) is 0.114. The van der Waals surface area contributed by atoms with E-state index in [1.165, 1.54) is 5.56 Å². The molecule has 1 fully saturated rings. The molecule has 0 radical (unpaired) electrons. The third kappa shape index (κ3) is 1.83. The van der Waals surface area contributed by atoms with Crippen molar-refractivity contribution >= 4 is 5.91 Å². The zero-order valence-corrected chi connectivity index (χ0v) is 9.88. The third-order valence-corrected chi connectivity index (χ3v) is 3.41. The van der Waals surface area contributed by atoms with Crippen molar-refractivity contribution in [3.05, 3.63) is 34.4 Å². The van der Waals surface area contributed by atoms with Gasteiger partial charge in [0.2, 0.25) is 0 Å². The van der Waals surface area contributed by atoms with Crippen LogP contribution in [0.2, 0.25) is 0 Å². The minimum atomic E-state index is 0.0479. The van der Waals surface area contributed by atoms with Gasteiger partial charge in [-0.05, 0) is 23.6 Å². The molecule has 4 nitrogen and oxygen atoms in total. The number of hydrogen-bond acceptors (Lipinski definition) is 3. The zero-order valence-electron chi connectivity index (χ0n) is 9.88. The highest BCUT2D eigenvalue weighted by Crippen LogP contribution is 2.27. The molecule has 2 aliphatic rings. The topological polar surface area (TPSA) is 50.4 Å². The molecule has 0 spiro atoms. The number of amides is 1. The quantitative estimate of drug-likeness (QED) is 0.756. The van der Waals surface area contributed by atoms with Crippen LogP contribution in [-0.4, -0.2) is 25.6 Å². The minimum Gasteiger partial charge on any atom is -0.371 e. The second kappa shape index (κ2) is 4.13. The standard InChI is InChI=1S/C13H16N2O2/c1-8-4-9(11-7-14-2-3-17-11)5-10-6-15-13(16)12(8)10/h4-5,11,14H,2-3,6-7H2,1H3,(H,15,16). The summed E-state index contributed by atoms with van der Waals surface area (Å²) in [6.45, 7) is 5.14. The maximum absolute atomic E-state index is 11.6. The lowest BCUT2D eigenvalue weighted by molar-refractivity contribution is 0.0276.